The first-order valence-corrected chi connectivity index (χ1v) is 8.32. The Labute approximate surface area is 148 Å². The van der Waals surface area contributed by atoms with Crippen LogP contribution in [0.15, 0.2) is 48.7 Å². The molecule has 0 aliphatic heterocycles. The molecule has 1 aromatic carbocycles. The molecule has 1 atom stereocenters. The number of urea groups is 1. The number of nitrogens with zero attached hydrogens (tertiary/aromatic N) is 2. The average Bonchev–Trinajstić information content (AvgIpc) is 2.60. The number of nitrogens with one attached hydrogen (secondary N) is 2. The molecule has 0 aliphatic rings. The predicted molar refractivity (Wildman–Crippen MR) is 98.0 cm³/mol. The summed E-state index contributed by atoms with van der Waals surface area (Å²) in [5.41, 5.74) is 2.49. The van der Waals surface area contributed by atoms with E-state index in [4.69, 9.17) is 0 Å². The van der Waals surface area contributed by atoms with Gasteiger partial charge in [0, 0.05) is 25.4 Å². The lowest BCUT2D eigenvalue weighted by molar-refractivity contribution is -0.114. The molecule has 132 valence electrons. The van der Waals surface area contributed by atoms with Gasteiger partial charge in [0.1, 0.15) is 0 Å². The minimum absolute atomic E-state index is 0.124. The van der Waals surface area contributed by atoms with Gasteiger partial charge in [0.05, 0.1) is 18.3 Å². The summed E-state index contributed by atoms with van der Waals surface area (Å²) in [6.07, 6.45) is 1.72. The van der Waals surface area contributed by atoms with Crippen molar-refractivity contribution in [1.82, 2.24) is 15.2 Å². The molecule has 6 nitrogen and oxygen atoms in total. The largest absolute Gasteiger partial charge is 0.331 e. The zero-order valence-electron chi connectivity index (χ0n) is 14.8. The number of rotatable bonds is 6. The van der Waals surface area contributed by atoms with Crippen molar-refractivity contribution in [3.05, 3.63) is 59.9 Å². The minimum atomic E-state index is -0.181. The summed E-state index contributed by atoms with van der Waals surface area (Å²) in [5, 5.41) is 5.74. The monoisotopic (exact) mass is 340 g/mol. The van der Waals surface area contributed by atoms with Crippen molar-refractivity contribution in [2.24, 2.45) is 0 Å². The van der Waals surface area contributed by atoms with Crippen LogP contribution in [0.4, 0.5) is 10.5 Å². The highest BCUT2D eigenvalue weighted by molar-refractivity contribution is 5.88. The molecular formula is C19H24N4O2. The lowest BCUT2D eigenvalue weighted by Crippen LogP contribution is -2.40. The van der Waals surface area contributed by atoms with Crippen LogP contribution >= 0.6 is 0 Å². The van der Waals surface area contributed by atoms with E-state index in [0.717, 1.165) is 11.3 Å². The average molecular weight is 340 g/mol. The number of hydrogen-bond donors (Lipinski definition) is 2. The van der Waals surface area contributed by atoms with Crippen LogP contribution in [0, 0.1) is 0 Å². The number of amides is 3. The Balaban J connectivity index is 2.01. The summed E-state index contributed by atoms with van der Waals surface area (Å²) < 4.78 is 0. The topological polar surface area (TPSA) is 74.3 Å². The molecule has 2 N–H and O–H groups in total. The second-order valence-electron chi connectivity index (χ2n) is 5.81. The fourth-order valence-corrected chi connectivity index (χ4v) is 2.46. The van der Waals surface area contributed by atoms with Crippen molar-refractivity contribution in [1.29, 1.82) is 0 Å². The molecule has 0 fully saturated rings. The van der Waals surface area contributed by atoms with E-state index in [1.807, 2.05) is 56.3 Å². The van der Waals surface area contributed by atoms with Gasteiger partial charge in [-0.15, -0.1) is 0 Å². The highest BCUT2D eigenvalue weighted by Crippen LogP contribution is 2.18. The Morgan fingerprint density at radius 2 is 2.00 bits per heavy atom. The summed E-state index contributed by atoms with van der Waals surface area (Å²) in [5.74, 6) is -0.124. The molecule has 0 saturated heterocycles. The van der Waals surface area contributed by atoms with E-state index in [1.165, 1.54) is 6.92 Å². The lowest BCUT2D eigenvalue weighted by atomic mass is 10.1. The number of benzene rings is 1. The van der Waals surface area contributed by atoms with E-state index >= 15 is 0 Å². The van der Waals surface area contributed by atoms with Crippen LogP contribution in [-0.2, 0) is 11.3 Å². The second-order valence-corrected chi connectivity index (χ2v) is 5.81. The minimum Gasteiger partial charge on any atom is -0.331 e. The van der Waals surface area contributed by atoms with Crippen LogP contribution in [0.1, 0.15) is 38.1 Å². The van der Waals surface area contributed by atoms with Gasteiger partial charge >= 0.3 is 6.03 Å². The molecule has 0 spiro atoms. The van der Waals surface area contributed by atoms with E-state index in [9.17, 15) is 9.59 Å². The predicted octanol–water partition coefficient (Wildman–Crippen LogP) is 3.33. The number of pyridine rings is 1. The highest BCUT2D eigenvalue weighted by Gasteiger charge is 2.16. The maximum atomic E-state index is 12.5. The first-order chi connectivity index (χ1) is 12.0. The van der Waals surface area contributed by atoms with Gasteiger partial charge in [0.25, 0.3) is 0 Å². The van der Waals surface area contributed by atoms with Crippen molar-refractivity contribution in [2.75, 3.05) is 11.9 Å². The second kappa shape index (κ2) is 8.82. The van der Waals surface area contributed by atoms with Gasteiger partial charge < -0.3 is 15.5 Å². The number of hydrogen-bond acceptors (Lipinski definition) is 3. The Hall–Kier alpha value is -2.89. The van der Waals surface area contributed by atoms with E-state index in [1.54, 1.807) is 11.1 Å². The van der Waals surface area contributed by atoms with Gasteiger partial charge in [-0.25, -0.2) is 4.79 Å². The van der Waals surface area contributed by atoms with Crippen molar-refractivity contribution in [2.45, 2.75) is 33.4 Å². The number of aromatic nitrogens is 1. The number of carbonyl (C=O) groups is 2. The third-order valence-corrected chi connectivity index (χ3v) is 3.79. The fraction of sp³-hybridized carbons (Fsp3) is 0.316. The van der Waals surface area contributed by atoms with Gasteiger partial charge in [-0.05, 0) is 43.7 Å². The Morgan fingerprint density at radius 3 is 2.64 bits per heavy atom. The number of carbonyl (C=O) groups excluding carboxylic acids is 2. The summed E-state index contributed by atoms with van der Waals surface area (Å²) in [6.45, 7) is 6.36. The zero-order chi connectivity index (χ0) is 18.2. The molecule has 2 aromatic rings. The molecule has 0 saturated carbocycles. The first-order valence-electron chi connectivity index (χ1n) is 8.32. The summed E-state index contributed by atoms with van der Waals surface area (Å²) in [4.78, 5) is 29.7. The van der Waals surface area contributed by atoms with Gasteiger partial charge in [-0.1, -0.05) is 18.2 Å². The van der Waals surface area contributed by atoms with Crippen LogP contribution in [0.2, 0.25) is 0 Å². The fourth-order valence-electron chi connectivity index (χ4n) is 2.46. The van der Waals surface area contributed by atoms with Crippen LogP contribution in [0.3, 0.4) is 0 Å². The van der Waals surface area contributed by atoms with Crippen molar-refractivity contribution < 1.29 is 9.59 Å². The van der Waals surface area contributed by atoms with Crippen molar-refractivity contribution in [3.63, 3.8) is 0 Å². The van der Waals surface area contributed by atoms with Crippen LogP contribution in [0.5, 0.6) is 0 Å². The maximum absolute atomic E-state index is 12.5. The van der Waals surface area contributed by atoms with Gasteiger partial charge in [-0.3, -0.25) is 9.78 Å². The van der Waals surface area contributed by atoms with E-state index < -0.39 is 0 Å². The normalized spacial score (nSPS) is 11.5. The molecule has 6 heteroatoms. The van der Waals surface area contributed by atoms with E-state index in [2.05, 4.69) is 15.6 Å². The molecule has 0 aliphatic carbocycles. The third-order valence-electron chi connectivity index (χ3n) is 3.79. The molecule has 0 bridgehead atoms. The van der Waals surface area contributed by atoms with Gasteiger partial charge in [0.2, 0.25) is 5.91 Å². The standard InChI is InChI=1S/C19H24N4O2/c1-4-23(13-18-9-5-6-11-20-18)19(25)21-14(2)16-8-7-10-17(12-16)22-15(3)24/h5-12,14H,4,13H2,1-3H3,(H,21,25)(H,22,24)/t14-/m1/s1. The van der Waals surface area contributed by atoms with Crippen LogP contribution in [0.25, 0.3) is 0 Å². The lowest BCUT2D eigenvalue weighted by Gasteiger charge is -2.24. The quantitative estimate of drug-likeness (QED) is 0.847. The highest BCUT2D eigenvalue weighted by atomic mass is 16.2. The molecule has 1 aromatic heterocycles. The van der Waals surface area contributed by atoms with Gasteiger partial charge in [0.15, 0.2) is 0 Å². The molecular weight excluding hydrogens is 316 g/mol. The van der Waals surface area contributed by atoms with E-state index in [-0.39, 0.29) is 18.0 Å². The first kappa shape index (κ1) is 18.4. The maximum Gasteiger partial charge on any atom is 0.318 e. The molecule has 1 heterocycles. The molecule has 2 rings (SSSR count). The molecule has 0 radical (unpaired) electrons. The van der Waals surface area contributed by atoms with Crippen molar-refractivity contribution in [3.8, 4) is 0 Å². The van der Waals surface area contributed by atoms with Crippen LogP contribution in [-0.4, -0.2) is 28.4 Å². The Morgan fingerprint density at radius 1 is 1.20 bits per heavy atom. The summed E-state index contributed by atoms with van der Waals surface area (Å²) in [6, 6.07) is 12.8. The van der Waals surface area contributed by atoms with Gasteiger partial charge in [-0.2, -0.15) is 0 Å². The Bertz CT molecular complexity index is 718. The molecule has 0 unspecified atom stereocenters. The Kier molecular flexibility index (Phi) is 6.51. The smallest absolute Gasteiger partial charge is 0.318 e. The van der Waals surface area contributed by atoms with E-state index in [0.29, 0.717) is 18.8 Å². The van der Waals surface area contributed by atoms with Crippen LogP contribution < -0.4 is 10.6 Å². The third kappa shape index (κ3) is 5.60. The number of anilines is 1. The molecule has 25 heavy (non-hydrogen) atoms. The van der Waals surface area contributed by atoms with Crippen molar-refractivity contribution >= 4 is 17.6 Å². The SMILES string of the molecule is CCN(Cc1ccccn1)C(=O)N[C@H](C)c1cccc(NC(C)=O)c1. The molecule has 3 amide bonds. The zero-order valence-corrected chi connectivity index (χ0v) is 14.8. The summed E-state index contributed by atoms with van der Waals surface area (Å²) in [7, 11) is 0. The summed E-state index contributed by atoms with van der Waals surface area (Å²) >= 11 is 0.